The van der Waals surface area contributed by atoms with Crippen LogP contribution in [-0.2, 0) is 21.2 Å². The van der Waals surface area contributed by atoms with E-state index < -0.39 is 10.0 Å². The van der Waals surface area contributed by atoms with Crippen LogP contribution in [0.4, 0.5) is 20.9 Å². The first kappa shape index (κ1) is 20.0. The second kappa shape index (κ2) is 7.61. The molecule has 1 atom stereocenters. The number of hydrogen-bond acceptors (Lipinski definition) is 6. The third-order valence-electron chi connectivity index (χ3n) is 5.67. The van der Waals surface area contributed by atoms with E-state index in [-0.39, 0.29) is 24.1 Å². The van der Waals surface area contributed by atoms with Crippen LogP contribution in [0.25, 0.3) is 0 Å². The second-order valence-electron chi connectivity index (χ2n) is 7.41. The number of fused-ring (bicyclic) bond motifs is 1. The van der Waals surface area contributed by atoms with E-state index in [1.165, 1.54) is 35.7 Å². The molecule has 0 saturated carbocycles. The Bertz CT molecular complexity index is 1240. The summed E-state index contributed by atoms with van der Waals surface area (Å²) in [7, 11) is -3.75. The number of carbonyl (C=O) groups is 1. The smallest absolute Gasteiger partial charge is 0.263 e. The fourth-order valence-corrected chi connectivity index (χ4v) is 5.99. The summed E-state index contributed by atoms with van der Waals surface area (Å²) in [6, 6.07) is 10.8. The van der Waals surface area contributed by atoms with Crippen molar-refractivity contribution < 1.29 is 19.0 Å². The highest BCUT2D eigenvalue weighted by Gasteiger charge is 2.39. The molecule has 1 amide bonds. The van der Waals surface area contributed by atoms with Crippen LogP contribution in [0.15, 0.2) is 58.9 Å². The molecule has 10 heteroatoms. The first-order chi connectivity index (χ1) is 14.9. The largest absolute Gasteiger partial charge is 0.359 e. The number of nitrogens with one attached hydrogen (secondary N) is 1. The quantitative estimate of drug-likeness (QED) is 0.630. The fraction of sp³-hybridized carbons (Fsp3) is 0.238. The molecule has 7 nitrogen and oxygen atoms in total. The number of nitrogens with zero attached hydrogens (tertiary/aromatic N) is 3. The summed E-state index contributed by atoms with van der Waals surface area (Å²) >= 11 is 1.19. The summed E-state index contributed by atoms with van der Waals surface area (Å²) in [5.41, 5.74) is 2.09. The Morgan fingerprint density at radius 2 is 1.97 bits per heavy atom. The Kier molecular flexibility index (Phi) is 4.90. The lowest BCUT2D eigenvalue weighted by Crippen LogP contribution is -2.41. The molecule has 5 rings (SSSR count). The van der Waals surface area contributed by atoms with Crippen LogP contribution in [-0.4, -0.2) is 38.4 Å². The molecule has 0 unspecified atom stereocenters. The van der Waals surface area contributed by atoms with Gasteiger partial charge in [-0.05, 0) is 49.2 Å². The molecule has 2 aliphatic heterocycles. The normalized spacial score (nSPS) is 18.5. The first-order valence-electron chi connectivity index (χ1n) is 9.82. The van der Waals surface area contributed by atoms with Crippen LogP contribution in [0.5, 0.6) is 0 Å². The molecule has 3 heterocycles. The Morgan fingerprint density at radius 3 is 2.71 bits per heavy atom. The third kappa shape index (κ3) is 3.55. The van der Waals surface area contributed by atoms with Crippen molar-refractivity contribution in [2.45, 2.75) is 23.8 Å². The van der Waals surface area contributed by atoms with Gasteiger partial charge in [-0.2, -0.15) is 0 Å². The van der Waals surface area contributed by atoms with Gasteiger partial charge >= 0.3 is 0 Å². The van der Waals surface area contributed by atoms with Gasteiger partial charge in [0.15, 0.2) is 5.13 Å². The van der Waals surface area contributed by atoms with Gasteiger partial charge in [-0.25, -0.2) is 17.8 Å². The van der Waals surface area contributed by atoms with Gasteiger partial charge in [-0.15, -0.1) is 11.3 Å². The average Bonchev–Trinajstić information content (AvgIpc) is 3.48. The standard InChI is InChI=1S/C21H19FN4O3S2.H2/c22-17-2-1-3-18-16(17)8-11-26(18)19-9-12-25(20(19)27)14-4-6-15(7-5-14)31(28,29)24-21-23-10-13-30-21;/h1-7,10,13,19H,8-9,11-12H2,(H,23,24);1H/t19-;/m0./s1. The van der Waals surface area contributed by atoms with Crippen LogP contribution < -0.4 is 14.5 Å². The van der Waals surface area contributed by atoms with Crippen LogP contribution in [0.1, 0.15) is 13.4 Å². The number of aromatic nitrogens is 1. The number of carbonyl (C=O) groups excluding carboxylic acids is 1. The van der Waals surface area contributed by atoms with Gasteiger partial charge in [0.25, 0.3) is 10.0 Å². The number of anilines is 3. The number of amides is 1. The van der Waals surface area contributed by atoms with E-state index in [2.05, 4.69) is 9.71 Å². The van der Waals surface area contributed by atoms with Gasteiger partial charge in [0.05, 0.1) is 4.90 Å². The minimum absolute atomic E-state index is 0. The van der Waals surface area contributed by atoms with Crippen molar-refractivity contribution in [2.75, 3.05) is 27.6 Å². The molecule has 1 fully saturated rings. The third-order valence-corrected chi connectivity index (χ3v) is 7.84. The minimum atomic E-state index is -3.75. The minimum Gasteiger partial charge on any atom is -0.359 e. The van der Waals surface area contributed by atoms with Gasteiger partial charge in [0, 0.05) is 43.0 Å². The second-order valence-corrected chi connectivity index (χ2v) is 9.99. The van der Waals surface area contributed by atoms with Crippen molar-refractivity contribution in [3.05, 3.63) is 65.4 Å². The van der Waals surface area contributed by atoms with Gasteiger partial charge in [-0.1, -0.05) is 6.07 Å². The number of thiazole rings is 1. The predicted octanol–water partition coefficient (Wildman–Crippen LogP) is 3.50. The molecule has 3 aromatic rings. The molecule has 31 heavy (non-hydrogen) atoms. The Labute approximate surface area is 184 Å². The molecule has 0 spiro atoms. The van der Waals surface area contributed by atoms with Gasteiger partial charge in [0.2, 0.25) is 5.91 Å². The van der Waals surface area contributed by atoms with Crippen LogP contribution >= 0.6 is 11.3 Å². The van der Waals surface area contributed by atoms with Crippen molar-refractivity contribution in [1.29, 1.82) is 0 Å². The zero-order chi connectivity index (χ0) is 21.6. The van der Waals surface area contributed by atoms with Crippen LogP contribution in [0, 0.1) is 5.82 Å². The lowest BCUT2D eigenvalue weighted by molar-refractivity contribution is -0.118. The van der Waals surface area contributed by atoms with Gasteiger partial charge in [0.1, 0.15) is 11.9 Å². The molecule has 1 aromatic heterocycles. The maximum Gasteiger partial charge on any atom is 0.263 e. The summed E-state index contributed by atoms with van der Waals surface area (Å²) in [5.74, 6) is -0.293. The summed E-state index contributed by atoms with van der Waals surface area (Å²) in [6.07, 6.45) is 2.74. The number of rotatable bonds is 5. The molecule has 2 aromatic carbocycles. The van der Waals surface area contributed by atoms with Crippen molar-refractivity contribution in [3.63, 3.8) is 0 Å². The molecular formula is C21H21FN4O3S2. The molecule has 1 saturated heterocycles. The lowest BCUT2D eigenvalue weighted by Gasteiger charge is -2.26. The molecular weight excluding hydrogens is 439 g/mol. The van der Waals surface area contributed by atoms with E-state index >= 15 is 0 Å². The number of sulfonamides is 1. The first-order valence-corrected chi connectivity index (χ1v) is 12.2. The van der Waals surface area contributed by atoms with Crippen molar-refractivity contribution >= 4 is 43.8 Å². The monoisotopic (exact) mass is 460 g/mol. The van der Waals surface area contributed by atoms with Crippen molar-refractivity contribution in [3.8, 4) is 0 Å². The molecule has 0 bridgehead atoms. The zero-order valence-electron chi connectivity index (χ0n) is 16.4. The van der Waals surface area contributed by atoms with Crippen LogP contribution in [0.3, 0.4) is 0 Å². The summed E-state index contributed by atoms with van der Waals surface area (Å²) in [4.78, 5) is 20.8. The maximum atomic E-state index is 14.1. The Hall–Kier alpha value is -2.98. The average molecular weight is 461 g/mol. The van der Waals surface area contributed by atoms with E-state index in [4.69, 9.17) is 0 Å². The fourth-order valence-electron chi connectivity index (χ4n) is 4.20. The molecule has 2 aliphatic rings. The van der Waals surface area contributed by atoms with Crippen molar-refractivity contribution in [2.24, 2.45) is 0 Å². The molecule has 1 N–H and O–H groups in total. The van der Waals surface area contributed by atoms with E-state index in [1.807, 2.05) is 11.0 Å². The van der Waals surface area contributed by atoms with Gasteiger partial charge < -0.3 is 9.80 Å². The number of halogens is 1. The summed E-state index contributed by atoms with van der Waals surface area (Å²) in [5, 5.41) is 1.98. The van der Waals surface area contributed by atoms with E-state index in [1.54, 1.807) is 28.5 Å². The summed E-state index contributed by atoms with van der Waals surface area (Å²) < 4.78 is 41.5. The SMILES string of the molecule is O=C1[C@@H](N2CCc3c(F)cccc32)CCN1c1ccc(S(=O)(=O)Nc2nccs2)cc1.[HH]. The predicted molar refractivity (Wildman–Crippen MR) is 120 cm³/mol. The summed E-state index contributed by atoms with van der Waals surface area (Å²) in [6.45, 7) is 1.13. The highest BCUT2D eigenvalue weighted by Crippen LogP contribution is 2.35. The molecule has 0 radical (unpaired) electrons. The van der Waals surface area contributed by atoms with E-state index in [0.29, 0.717) is 42.3 Å². The van der Waals surface area contributed by atoms with Crippen LogP contribution in [0.2, 0.25) is 0 Å². The topological polar surface area (TPSA) is 82.6 Å². The molecule has 162 valence electrons. The highest BCUT2D eigenvalue weighted by molar-refractivity contribution is 7.93. The zero-order valence-corrected chi connectivity index (χ0v) is 18.0. The van der Waals surface area contributed by atoms with E-state index in [9.17, 15) is 17.6 Å². The van der Waals surface area contributed by atoms with Crippen molar-refractivity contribution in [1.82, 2.24) is 4.98 Å². The Balaban J connectivity index is 0.00000245. The van der Waals surface area contributed by atoms with E-state index in [0.717, 1.165) is 5.69 Å². The maximum absolute atomic E-state index is 14.1. The number of benzene rings is 2. The lowest BCUT2D eigenvalue weighted by atomic mass is 10.1. The Morgan fingerprint density at radius 1 is 1.16 bits per heavy atom. The highest BCUT2D eigenvalue weighted by atomic mass is 32.2. The molecule has 0 aliphatic carbocycles. The number of hydrogen-bond donors (Lipinski definition) is 1. The van der Waals surface area contributed by atoms with Gasteiger partial charge in [-0.3, -0.25) is 9.52 Å².